The van der Waals surface area contributed by atoms with Gasteiger partial charge in [-0.1, -0.05) is 63.4 Å². The molecular formula is C14H21Cl. The Labute approximate surface area is 98.7 Å². The standard InChI is InChI=1S/C14H21Cl/c1-4-5-8-12(11(2)3)13-9-6-7-10-14(13)15/h6-7,9-12H,4-5,8H2,1-3H3. The van der Waals surface area contributed by atoms with Crippen molar-refractivity contribution in [1.82, 2.24) is 0 Å². The molecule has 0 fully saturated rings. The van der Waals surface area contributed by atoms with Crippen molar-refractivity contribution in [1.29, 1.82) is 0 Å². The maximum atomic E-state index is 6.24. The fourth-order valence-electron chi connectivity index (χ4n) is 2.05. The highest BCUT2D eigenvalue weighted by molar-refractivity contribution is 6.31. The Morgan fingerprint density at radius 1 is 1.20 bits per heavy atom. The van der Waals surface area contributed by atoms with Crippen molar-refractivity contribution in [3.05, 3.63) is 34.9 Å². The fourth-order valence-corrected chi connectivity index (χ4v) is 2.32. The summed E-state index contributed by atoms with van der Waals surface area (Å²) < 4.78 is 0. The Morgan fingerprint density at radius 3 is 2.40 bits per heavy atom. The van der Waals surface area contributed by atoms with Crippen molar-refractivity contribution in [3.63, 3.8) is 0 Å². The molecule has 1 aromatic rings. The van der Waals surface area contributed by atoms with Crippen LogP contribution in [0, 0.1) is 5.92 Å². The predicted molar refractivity (Wildman–Crippen MR) is 68.6 cm³/mol. The first-order valence-corrected chi connectivity index (χ1v) is 6.29. The average Bonchev–Trinajstić information content (AvgIpc) is 2.20. The molecule has 0 saturated heterocycles. The van der Waals surface area contributed by atoms with Crippen molar-refractivity contribution in [2.45, 2.75) is 46.0 Å². The van der Waals surface area contributed by atoms with Gasteiger partial charge in [-0.2, -0.15) is 0 Å². The molecule has 0 N–H and O–H groups in total. The molecule has 84 valence electrons. The Bertz CT molecular complexity index is 291. The average molecular weight is 225 g/mol. The van der Waals surface area contributed by atoms with Gasteiger partial charge in [0.1, 0.15) is 0 Å². The summed E-state index contributed by atoms with van der Waals surface area (Å²) in [7, 11) is 0. The first-order valence-electron chi connectivity index (χ1n) is 5.91. The highest BCUT2D eigenvalue weighted by Gasteiger charge is 2.17. The first-order chi connectivity index (χ1) is 7.16. The van der Waals surface area contributed by atoms with Gasteiger partial charge in [0.15, 0.2) is 0 Å². The minimum Gasteiger partial charge on any atom is -0.0840 e. The lowest BCUT2D eigenvalue weighted by Gasteiger charge is -2.22. The van der Waals surface area contributed by atoms with Crippen molar-refractivity contribution < 1.29 is 0 Å². The lowest BCUT2D eigenvalue weighted by Crippen LogP contribution is -2.07. The zero-order valence-corrected chi connectivity index (χ0v) is 10.7. The topological polar surface area (TPSA) is 0 Å². The molecule has 0 heterocycles. The van der Waals surface area contributed by atoms with E-state index in [-0.39, 0.29) is 0 Å². The largest absolute Gasteiger partial charge is 0.0840 e. The summed E-state index contributed by atoms with van der Waals surface area (Å²) in [5.41, 5.74) is 1.32. The second-order valence-corrected chi connectivity index (χ2v) is 4.92. The molecule has 0 aliphatic carbocycles. The van der Waals surface area contributed by atoms with Crippen LogP contribution in [-0.2, 0) is 0 Å². The van der Waals surface area contributed by atoms with Crippen LogP contribution in [0.2, 0.25) is 5.02 Å². The number of hydrogen-bond donors (Lipinski definition) is 0. The van der Waals surface area contributed by atoms with Gasteiger partial charge >= 0.3 is 0 Å². The lowest BCUT2D eigenvalue weighted by atomic mass is 9.84. The summed E-state index contributed by atoms with van der Waals surface area (Å²) in [5.74, 6) is 1.27. The molecule has 0 bridgehead atoms. The molecular weight excluding hydrogens is 204 g/mol. The highest BCUT2D eigenvalue weighted by atomic mass is 35.5. The van der Waals surface area contributed by atoms with Gasteiger partial charge in [-0.3, -0.25) is 0 Å². The van der Waals surface area contributed by atoms with Crippen molar-refractivity contribution in [2.75, 3.05) is 0 Å². The van der Waals surface area contributed by atoms with Gasteiger partial charge in [-0.25, -0.2) is 0 Å². The van der Waals surface area contributed by atoms with Crippen LogP contribution in [0.15, 0.2) is 24.3 Å². The van der Waals surface area contributed by atoms with Crippen molar-refractivity contribution in [2.24, 2.45) is 5.92 Å². The van der Waals surface area contributed by atoms with Gasteiger partial charge in [0.25, 0.3) is 0 Å². The Balaban J connectivity index is 2.84. The van der Waals surface area contributed by atoms with Gasteiger partial charge in [-0.05, 0) is 29.9 Å². The molecule has 0 amide bonds. The second-order valence-electron chi connectivity index (χ2n) is 4.51. The van der Waals surface area contributed by atoms with E-state index in [1.807, 2.05) is 12.1 Å². The summed E-state index contributed by atoms with van der Waals surface area (Å²) in [6, 6.07) is 8.26. The highest BCUT2D eigenvalue weighted by Crippen LogP contribution is 2.33. The second kappa shape index (κ2) is 6.17. The van der Waals surface area contributed by atoms with E-state index in [1.165, 1.54) is 24.8 Å². The Kier molecular flexibility index (Phi) is 5.17. The van der Waals surface area contributed by atoms with E-state index >= 15 is 0 Å². The van der Waals surface area contributed by atoms with Gasteiger partial charge in [-0.15, -0.1) is 0 Å². The molecule has 0 spiro atoms. The number of unbranched alkanes of at least 4 members (excludes halogenated alkanes) is 1. The van der Waals surface area contributed by atoms with E-state index in [4.69, 9.17) is 11.6 Å². The minimum atomic E-state index is 0.610. The molecule has 0 nitrogen and oxygen atoms in total. The van der Waals surface area contributed by atoms with Crippen LogP contribution < -0.4 is 0 Å². The molecule has 0 aromatic heterocycles. The summed E-state index contributed by atoms with van der Waals surface area (Å²) in [4.78, 5) is 0. The van der Waals surface area contributed by atoms with Crippen LogP contribution >= 0.6 is 11.6 Å². The maximum Gasteiger partial charge on any atom is 0.0440 e. The maximum absolute atomic E-state index is 6.24. The van der Waals surface area contributed by atoms with Crippen LogP contribution in [-0.4, -0.2) is 0 Å². The third kappa shape index (κ3) is 3.53. The van der Waals surface area contributed by atoms with Crippen LogP contribution in [0.25, 0.3) is 0 Å². The van der Waals surface area contributed by atoms with Crippen LogP contribution in [0.4, 0.5) is 0 Å². The van der Waals surface area contributed by atoms with E-state index in [2.05, 4.69) is 32.9 Å². The smallest absolute Gasteiger partial charge is 0.0440 e. The minimum absolute atomic E-state index is 0.610. The van der Waals surface area contributed by atoms with Gasteiger partial charge in [0, 0.05) is 5.02 Å². The van der Waals surface area contributed by atoms with E-state index in [1.54, 1.807) is 0 Å². The molecule has 1 rings (SSSR count). The normalized spacial score (nSPS) is 13.1. The number of halogens is 1. The lowest BCUT2D eigenvalue weighted by molar-refractivity contribution is 0.453. The quantitative estimate of drug-likeness (QED) is 0.639. The molecule has 1 aromatic carbocycles. The van der Waals surface area contributed by atoms with Gasteiger partial charge in [0.2, 0.25) is 0 Å². The summed E-state index contributed by atoms with van der Waals surface area (Å²) in [6.45, 7) is 6.80. The molecule has 1 unspecified atom stereocenters. The molecule has 1 atom stereocenters. The zero-order valence-electron chi connectivity index (χ0n) is 9.96. The summed E-state index contributed by atoms with van der Waals surface area (Å²) >= 11 is 6.24. The molecule has 0 aliphatic heterocycles. The molecule has 0 aliphatic rings. The van der Waals surface area contributed by atoms with Gasteiger partial charge in [0.05, 0.1) is 0 Å². The Morgan fingerprint density at radius 2 is 1.87 bits per heavy atom. The van der Waals surface area contributed by atoms with Crippen LogP contribution in [0.3, 0.4) is 0 Å². The number of rotatable bonds is 5. The summed E-state index contributed by atoms with van der Waals surface area (Å²) in [5, 5.41) is 0.923. The SMILES string of the molecule is CCCCC(c1ccccc1Cl)C(C)C. The van der Waals surface area contributed by atoms with Crippen molar-refractivity contribution >= 4 is 11.6 Å². The molecule has 0 radical (unpaired) electrons. The van der Waals surface area contributed by atoms with Crippen LogP contribution in [0.1, 0.15) is 51.5 Å². The van der Waals surface area contributed by atoms with Crippen LogP contribution in [0.5, 0.6) is 0 Å². The fraction of sp³-hybridized carbons (Fsp3) is 0.571. The zero-order chi connectivity index (χ0) is 11.3. The monoisotopic (exact) mass is 224 g/mol. The van der Waals surface area contributed by atoms with Gasteiger partial charge < -0.3 is 0 Å². The third-order valence-corrected chi connectivity index (χ3v) is 3.32. The first kappa shape index (κ1) is 12.6. The van der Waals surface area contributed by atoms with E-state index in [0.717, 1.165) is 5.02 Å². The summed E-state index contributed by atoms with van der Waals surface area (Å²) in [6.07, 6.45) is 3.79. The molecule has 1 heteroatoms. The third-order valence-electron chi connectivity index (χ3n) is 2.98. The van der Waals surface area contributed by atoms with E-state index < -0.39 is 0 Å². The Hall–Kier alpha value is -0.490. The predicted octanol–water partition coefficient (Wildman–Crippen LogP) is 5.27. The van der Waals surface area contributed by atoms with Crippen molar-refractivity contribution in [3.8, 4) is 0 Å². The van der Waals surface area contributed by atoms with E-state index in [0.29, 0.717) is 11.8 Å². The van der Waals surface area contributed by atoms with E-state index in [9.17, 15) is 0 Å². The number of hydrogen-bond acceptors (Lipinski definition) is 0. The number of benzene rings is 1. The molecule has 15 heavy (non-hydrogen) atoms. The molecule has 0 saturated carbocycles.